The van der Waals surface area contributed by atoms with Crippen LogP contribution in [0.2, 0.25) is 0 Å². The van der Waals surface area contributed by atoms with Gasteiger partial charge in [-0.1, -0.05) is 152 Å². The predicted octanol–water partition coefficient (Wildman–Crippen LogP) is 10.5. The molecule has 0 aliphatic heterocycles. The molecule has 7 aromatic carbocycles. The van der Waals surface area contributed by atoms with Crippen molar-refractivity contribution in [2.24, 2.45) is 11.3 Å². The van der Waals surface area contributed by atoms with Crippen molar-refractivity contribution in [3.63, 3.8) is 0 Å². The maximum atomic E-state index is 14.4. The molecule has 0 radical (unpaired) electrons. The number of rotatable bonds is 19. The van der Waals surface area contributed by atoms with E-state index in [-0.39, 0.29) is 26.4 Å². The number of hydrogen-bond donors (Lipinski definition) is 1. The Kier molecular flexibility index (Phi) is 13.4. The third kappa shape index (κ3) is 9.90. The second-order valence-corrected chi connectivity index (χ2v) is 15.4. The number of benzene rings is 7. The van der Waals surface area contributed by atoms with Gasteiger partial charge in [0.05, 0.1) is 25.4 Å². The molecule has 1 N–H and O–H groups in total. The van der Waals surface area contributed by atoms with Crippen molar-refractivity contribution >= 4 is 11.9 Å². The fraction of sp³-hybridized carbons (Fsp3) is 0.185. The van der Waals surface area contributed by atoms with Gasteiger partial charge in [-0.3, -0.25) is 4.79 Å². The molecule has 1 aliphatic carbocycles. The zero-order valence-corrected chi connectivity index (χ0v) is 34.9. The van der Waals surface area contributed by atoms with Crippen molar-refractivity contribution in [2.75, 3.05) is 13.7 Å². The van der Waals surface area contributed by atoms with Crippen LogP contribution < -0.4 is 18.9 Å². The van der Waals surface area contributed by atoms with Gasteiger partial charge in [-0.15, -0.1) is 0 Å². The Balaban J connectivity index is 1.16. The molecule has 318 valence electrons. The van der Waals surface area contributed by atoms with Crippen LogP contribution in [0.1, 0.15) is 55.8 Å². The van der Waals surface area contributed by atoms with Crippen molar-refractivity contribution in [2.45, 2.75) is 38.4 Å². The first-order valence-electron chi connectivity index (χ1n) is 20.9. The summed E-state index contributed by atoms with van der Waals surface area (Å²) in [5, 5.41) is 12.7. The minimum atomic E-state index is -1.60. The van der Waals surface area contributed by atoms with Crippen molar-refractivity contribution in [1.29, 1.82) is 0 Å². The summed E-state index contributed by atoms with van der Waals surface area (Å²) < 4.78 is 36.9. The Bertz CT molecular complexity index is 2570. The summed E-state index contributed by atoms with van der Waals surface area (Å²) in [5.41, 5.74) is 3.66. The molecule has 1 fully saturated rings. The van der Waals surface area contributed by atoms with E-state index in [4.69, 9.17) is 28.4 Å². The van der Waals surface area contributed by atoms with Crippen LogP contribution in [-0.4, -0.2) is 30.8 Å². The SMILES string of the molecule is COC(=O)[C@]1(C(O)c2ccc(OCc3ccccc3)c(OCc3ccccc3)c2)[C@@H](COC(=O)c2ccccc2)[C@@H]1c1ccc(OCc2ccccc2)c(OCc2ccccc2)c1. The van der Waals surface area contributed by atoms with Crippen LogP contribution in [0.15, 0.2) is 188 Å². The van der Waals surface area contributed by atoms with Gasteiger partial charge in [0.2, 0.25) is 0 Å². The highest BCUT2D eigenvalue weighted by molar-refractivity contribution is 5.89. The fourth-order valence-corrected chi connectivity index (χ4v) is 8.08. The molecule has 63 heavy (non-hydrogen) atoms. The van der Waals surface area contributed by atoms with Gasteiger partial charge in [0, 0.05) is 11.8 Å². The molecule has 0 saturated heterocycles. The summed E-state index contributed by atoms with van der Waals surface area (Å²) in [6.07, 6.45) is -1.44. The van der Waals surface area contributed by atoms with Crippen LogP contribution in [0.25, 0.3) is 0 Å². The van der Waals surface area contributed by atoms with Gasteiger partial charge < -0.3 is 33.5 Å². The number of aliphatic hydroxyl groups is 1. The second kappa shape index (κ2) is 20.0. The smallest absolute Gasteiger partial charge is 0.338 e. The molecule has 4 atom stereocenters. The van der Waals surface area contributed by atoms with Gasteiger partial charge in [0.15, 0.2) is 23.0 Å². The largest absolute Gasteiger partial charge is 0.485 e. The molecule has 0 spiro atoms. The molecule has 8 rings (SSSR count). The average molecular weight is 841 g/mol. The molecular weight excluding hydrogens is 793 g/mol. The van der Waals surface area contributed by atoms with Crippen molar-refractivity contribution in [3.8, 4) is 23.0 Å². The monoisotopic (exact) mass is 840 g/mol. The molecule has 0 bridgehead atoms. The van der Waals surface area contributed by atoms with E-state index in [1.165, 1.54) is 7.11 Å². The zero-order chi connectivity index (χ0) is 43.4. The molecule has 1 aliphatic rings. The number of aliphatic hydroxyl groups excluding tert-OH is 1. The summed E-state index contributed by atoms with van der Waals surface area (Å²) in [7, 11) is 1.29. The fourth-order valence-electron chi connectivity index (χ4n) is 8.08. The first-order valence-corrected chi connectivity index (χ1v) is 20.9. The van der Waals surface area contributed by atoms with E-state index < -0.39 is 35.3 Å². The number of carbonyl (C=O) groups excluding carboxylic acids is 2. The number of esters is 2. The van der Waals surface area contributed by atoms with E-state index in [1.54, 1.807) is 42.5 Å². The first kappa shape index (κ1) is 42.3. The minimum Gasteiger partial charge on any atom is -0.485 e. The van der Waals surface area contributed by atoms with E-state index in [0.29, 0.717) is 46.3 Å². The number of hydrogen-bond acceptors (Lipinski definition) is 9. The van der Waals surface area contributed by atoms with Crippen LogP contribution in [0.5, 0.6) is 23.0 Å². The number of methoxy groups -OCH3 is 1. The molecule has 0 aromatic heterocycles. The molecule has 9 heteroatoms. The molecule has 0 heterocycles. The summed E-state index contributed by atoms with van der Waals surface area (Å²) in [6, 6.07) is 58.4. The highest BCUT2D eigenvalue weighted by Gasteiger charge is 2.75. The number of ether oxygens (including phenoxy) is 6. The summed E-state index contributed by atoms with van der Waals surface area (Å²) in [6.45, 7) is 0.882. The summed E-state index contributed by atoms with van der Waals surface area (Å²) in [4.78, 5) is 27.8. The van der Waals surface area contributed by atoms with E-state index in [1.807, 2.05) is 146 Å². The van der Waals surface area contributed by atoms with Crippen molar-refractivity contribution in [3.05, 3.63) is 227 Å². The lowest BCUT2D eigenvalue weighted by atomic mass is 9.87. The third-order valence-electron chi connectivity index (χ3n) is 11.4. The van der Waals surface area contributed by atoms with Gasteiger partial charge in [0.1, 0.15) is 31.8 Å². The first-order chi connectivity index (χ1) is 30.9. The molecule has 9 nitrogen and oxygen atoms in total. The van der Waals surface area contributed by atoms with E-state index in [9.17, 15) is 14.7 Å². The van der Waals surface area contributed by atoms with Gasteiger partial charge >= 0.3 is 11.9 Å². The molecule has 7 aromatic rings. The summed E-state index contributed by atoms with van der Waals surface area (Å²) in [5.74, 6) is -0.819. The van der Waals surface area contributed by atoms with Crippen LogP contribution in [0, 0.1) is 11.3 Å². The second-order valence-electron chi connectivity index (χ2n) is 15.4. The van der Waals surface area contributed by atoms with E-state index >= 15 is 0 Å². The van der Waals surface area contributed by atoms with Crippen LogP contribution >= 0.6 is 0 Å². The number of carbonyl (C=O) groups is 2. The molecular formula is C54H48O9. The van der Waals surface area contributed by atoms with Crippen LogP contribution in [-0.2, 0) is 40.7 Å². The standard InChI is InChI=1S/C54H48O9/c1-58-53(57)54(51(55)44-28-30-47(60-34-39-19-9-3-10-20-39)49(32-44)62-36-41-23-13-5-14-24-41)45(37-63-52(56)42-25-15-6-16-26-42)50(54)43-27-29-46(59-33-38-17-7-2-8-18-38)48(31-43)61-35-40-21-11-4-12-22-40/h2-32,45,50-51,55H,33-37H2,1H3/t45-,50-,51?,54+/m0/s1. The predicted molar refractivity (Wildman–Crippen MR) is 238 cm³/mol. The van der Waals surface area contributed by atoms with E-state index in [0.717, 1.165) is 22.3 Å². The molecule has 1 unspecified atom stereocenters. The Hall–Kier alpha value is -7.36. The van der Waals surface area contributed by atoms with Crippen molar-refractivity contribution in [1.82, 2.24) is 0 Å². The highest BCUT2D eigenvalue weighted by Crippen LogP contribution is 2.71. The minimum absolute atomic E-state index is 0.188. The topological polar surface area (TPSA) is 110 Å². The van der Waals surface area contributed by atoms with E-state index in [2.05, 4.69) is 0 Å². The van der Waals surface area contributed by atoms with Gasteiger partial charge in [-0.05, 0) is 69.8 Å². The Morgan fingerprint density at radius 2 is 0.937 bits per heavy atom. The normalized spacial score (nSPS) is 16.9. The Morgan fingerprint density at radius 3 is 1.40 bits per heavy atom. The van der Waals surface area contributed by atoms with Crippen LogP contribution in [0.3, 0.4) is 0 Å². The maximum Gasteiger partial charge on any atom is 0.338 e. The molecule has 0 amide bonds. The third-order valence-corrected chi connectivity index (χ3v) is 11.4. The Labute approximate surface area is 367 Å². The maximum absolute atomic E-state index is 14.4. The lowest BCUT2D eigenvalue weighted by Crippen LogP contribution is -2.30. The lowest BCUT2D eigenvalue weighted by molar-refractivity contribution is -0.154. The quantitative estimate of drug-likeness (QED) is 0.0796. The van der Waals surface area contributed by atoms with Gasteiger partial charge in [0.25, 0.3) is 0 Å². The zero-order valence-electron chi connectivity index (χ0n) is 34.9. The van der Waals surface area contributed by atoms with Gasteiger partial charge in [-0.25, -0.2) is 4.79 Å². The average Bonchev–Trinajstić information content (AvgIpc) is 4.03. The van der Waals surface area contributed by atoms with Crippen molar-refractivity contribution < 1.29 is 43.1 Å². The Morgan fingerprint density at radius 1 is 0.524 bits per heavy atom. The highest BCUT2D eigenvalue weighted by atomic mass is 16.5. The molecule has 1 saturated carbocycles. The van der Waals surface area contributed by atoms with Gasteiger partial charge in [-0.2, -0.15) is 0 Å². The van der Waals surface area contributed by atoms with Crippen LogP contribution in [0.4, 0.5) is 0 Å². The lowest BCUT2D eigenvalue weighted by Gasteiger charge is -2.25. The summed E-state index contributed by atoms with van der Waals surface area (Å²) >= 11 is 0.